The highest BCUT2D eigenvalue weighted by Crippen LogP contribution is 2.43. The molecule has 0 radical (unpaired) electrons. The molecule has 22 heavy (non-hydrogen) atoms. The van der Waals surface area contributed by atoms with Gasteiger partial charge < -0.3 is 4.74 Å². The Hall–Kier alpha value is -2.53. The number of carbonyl (C=O) groups excluding carboxylic acids is 1. The number of epoxide rings is 1. The van der Waals surface area contributed by atoms with E-state index in [0.717, 1.165) is 5.56 Å². The lowest BCUT2D eigenvalue weighted by molar-refractivity contribution is -0.384. The van der Waals surface area contributed by atoms with Crippen LogP contribution in [0.15, 0.2) is 54.6 Å². The molecule has 0 bridgehead atoms. The predicted molar refractivity (Wildman–Crippen MR) is 80.7 cm³/mol. The summed E-state index contributed by atoms with van der Waals surface area (Å²) in [7, 11) is 0. The van der Waals surface area contributed by atoms with Crippen LogP contribution in [0.3, 0.4) is 0 Å². The molecule has 1 aliphatic heterocycles. The van der Waals surface area contributed by atoms with Gasteiger partial charge >= 0.3 is 0 Å². The first kappa shape index (κ1) is 14.4. The van der Waals surface area contributed by atoms with E-state index in [4.69, 9.17) is 4.74 Å². The molecule has 0 amide bonds. The Labute approximate surface area is 127 Å². The second kappa shape index (κ2) is 5.69. The van der Waals surface area contributed by atoms with Crippen LogP contribution in [-0.4, -0.2) is 17.3 Å². The third kappa shape index (κ3) is 2.89. The molecular formula is C17H15NO4. The molecule has 0 saturated carbocycles. The number of carbonyl (C=O) groups is 1. The van der Waals surface area contributed by atoms with Crippen LogP contribution in [0.1, 0.15) is 28.8 Å². The van der Waals surface area contributed by atoms with Gasteiger partial charge in [-0.1, -0.05) is 30.3 Å². The predicted octanol–water partition coefficient (Wildman–Crippen LogP) is 3.48. The van der Waals surface area contributed by atoms with Crippen molar-refractivity contribution >= 4 is 11.5 Å². The van der Waals surface area contributed by atoms with Gasteiger partial charge in [0, 0.05) is 24.1 Å². The number of ether oxygens (including phenoxy) is 1. The number of non-ortho nitro benzene ring substituents is 1. The lowest BCUT2D eigenvalue weighted by Crippen LogP contribution is -2.11. The molecule has 1 atom stereocenters. The zero-order chi connectivity index (χ0) is 15.6. The Bertz CT molecular complexity index is 690. The summed E-state index contributed by atoms with van der Waals surface area (Å²) in [4.78, 5) is 22.3. The van der Waals surface area contributed by atoms with Gasteiger partial charge in [-0.2, -0.15) is 0 Å². The summed E-state index contributed by atoms with van der Waals surface area (Å²) in [6.07, 6.45) is 0.972. The standard InChI is InChI=1S/C17H15NO4/c19-16(13-6-8-15(9-7-13)18(20)21)10-11-17(12-22-17)14-4-2-1-3-5-14/h1-9H,10-12H2. The number of benzene rings is 2. The van der Waals surface area contributed by atoms with Gasteiger partial charge in [-0.3, -0.25) is 14.9 Å². The van der Waals surface area contributed by atoms with E-state index in [1.54, 1.807) is 0 Å². The normalized spacial score (nSPS) is 19.6. The summed E-state index contributed by atoms with van der Waals surface area (Å²) in [5.41, 5.74) is 1.24. The average Bonchev–Trinajstić information content (AvgIpc) is 3.35. The molecule has 0 N–H and O–H groups in total. The van der Waals surface area contributed by atoms with Crippen molar-refractivity contribution in [3.05, 3.63) is 75.8 Å². The van der Waals surface area contributed by atoms with Crippen molar-refractivity contribution in [1.82, 2.24) is 0 Å². The molecular weight excluding hydrogens is 282 g/mol. The van der Waals surface area contributed by atoms with Gasteiger partial charge in [0.05, 0.1) is 11.5 Å². The van der Waals surface area contributed by atoms with E-state index >= 15 is 0 Å². The molecule has 3 rings (SSSR count). The molecule has 5 nitrogen and oxygen atoms in total. The molecule has 1 fully saturated rings. The molecule has 2 aromatic carbocycles. The van der Waals surface area contributed by atoms with E-state index in [-0.39, 0.29) is 17.1 Å². The van der Waals surface area contributed by atoms with E-state index < -0.39 is 4.92 Å². The van der Waals surface area contributed by atoms with E-state index in [0.29, 0.717) is 25.0 Å². The van der Waals surface area contributed by atoms with Crippen LogP contribution in [-0.2, 0) is 10.3 Å². The van der Waals surface area contributed by atoms with Gasteiger partial charge in [0.2, 0.25) is 0 Å². The fraction of sp³-hybridized carbons (Fsp3) is 0.235. The van der Waals surface area contributed by atoms with Crippen molar-refractivity contribution in [2.45, 2.75) is 18.4 Å². The van der Waals surface area contributed by atoms with Gasteiger partial charge in [-0.25, -0.2) is 0 Å². The first-order chi connectivity index (χ1) is 10.6. The molecule has 0 spiro atoms. The zero-order valence-corrected chi connectivity index (χ0v) is 11.9. The number of nitro benzene ring substituents is 1. The highest BCUT2D eigenvalue weighted by molar-refractivity contribution is 5.96. The monoisotopic (exact) mass is 297 g/mol. The summed E-state index contributed by atoms with van der Waals surface area (Å²) in [6, 6.07) is 15.6. The molecule has 1 unspecified atom stereocenters. The molecule has 5 heteroatoms. The van der Waals surface area contributed by atoms with E-state index in [1.807, 2.05) is 30.3 Å². The van der Waals surface area contributed by atoms with Crippen molar-refractivity contribution in [1.29, 1.82) is 0 Å². The average molecular weight is 297 g/mol. The summed E-state index contributed by atoms with van der Waals surface area (Å²) in [5.74, 6) is -0.0271. The molecule has 1 saturated heterocycles. The Morgan fingerprint density at radius 2 is 1.77 bits per heavy atom. The fourth-order valence-corrected chi connectivity index (χ4v) is 2.51. The van der Waals surface area contributed by atoms with Gasteiger partial charge in [0.25, 0.3) is 5.69 Å². The number of Topliss-reactive ketones (excluding diaryl/α,β-unsaturated/α-hetero) is 1. The summed E-state index contributed by atoms with van der Waals surface area (Å²) >= 11 is 0. The second-order valence-corrected chi connectivity index (χ2v) is 5.38. The van der Waals surface area contributed by atoms with Crippen LogP contribution in [0.4, 0.5) is 5.69 Å². The maximum Gasteiger partial charge on any atom is 0.269 e. The molecule has 1 heterocycles. The molecule has 112 valence electrons. The minimum Gasteiger partial charge on any atom is -0.364 e. The summed E-state index contributed by atoms with van der Waals surface area (Å²) < 4.78 is 5.58. The van der Waals surface area contributed by atoms with Crippen LogP contribution < -0.4 is 0 Å². The van der Waals surface area contributed by atoms with Gasteiger partial charge in [-0.05, 0) is 24.1 Å². The number of ketones is 1. The highest BCUT2D eigenvalue weighted by Gasteiger charge is 2.46. The Balaban J connectivity index is 1.64. The van der Waals surface area contributed by atoms with Crippen molar-refractivity contribution < 1.29 is 14.5 Å². The van der Waals surface area contributed by atoms with Crippen LogP contribution in [0, 0.1) is 10.1 Å². The molecule has 0 aromatic heterocycles. The lowest BCUT2D eigenvalue weighted by Gasteiger charge is -2.11. The minimum atomic E-state index is -0.476. The molecule has 1 aliphatic rings. The van der Waals surface area contributed by atoms with Crippen molar-refractivity contribution in [2.24, 2.45) is 0 Å². The number of hydrogen-bond donors (Lipinski definition) is 0. The second-order valence-electron chi connectivity index (χ2n) is 5.38. The quantitative estimate of drug-likeness (QED) is 0.354. The Kier molecular flexibility index (Phi) is 3.73. The van der Waals surface area contributed by atoms with E-state index in [9.17, 15) is 14.9 Å². The first-order valence-electron chi connectivity index (χ1n) is 7.08. The smallest absolute Gasteiger partial charge is 0.269 e. The lowest BCUT2D eigenvalue weighted by atomic mass is 9.92. The molecule has 0 aliphatic carbocycles. The number of nitro groups is 1. The summed E-state index contributed by atoms with van der Waals surface area (Å²) in [5, 5.41) is 10.6. The van der Waals surface area contributed by atoms with Crippen LogP contribution >= 0.6 is 0 Å². The highest BCUT2D eigenvalue weighted by atomic mass is 16.6. The van der Waals surface area contributed by atoms with Gasteiger partial charge in [0.1, 0.15) is 5.60 Å². The SMILES string of the molecule is O=C(CCC1(c2ccccc2)CO1)c1ccc([N+](=O)[O-])cc1. The van der Waals surface area contributed by atoms with Crippen LogP contribution in [0.5, 0.6) is 0 Å². The third-order valence-corrected chi connectivity index (χ3v) is 3.95. The van der Waals surface area contributed by atoms with Crippen LogP contribution in [0.25, 0.3) is 0 Å². The Morgan fingerprint density at radius 1 is 1.14 bits per heavy atom. The van der Waals surface area contributed by atoms with Gasteiger partial charge in [0.15, 0.2) is 5.78 Å². The maximum atomic E-state index is 12.2. The third-order valence-electron chi connectivity index (χ3n) is 3.95. The largest absolute Gasteiger partial charge is 0.364 e. The number of hydrogen-bond acceptors (Lipinski definition) is 4. The van der Waals surface area contributed by atoms with Crippen molar-refractivity contribution in [3.8, 4) is 0 Å². The Morgan fingerprint density at radius 3 is 2.32 bits per heavy atom. The van der Waals surface area contributed by atoms with E-state index in [2.05, 4.69) is 0 Å². The minimum absolute atomic E-state index is 0.0113. The maximum absolute atomic E-state index is 12.2. The molecule has 2 aromatic rings. The van der Waals surface area contributed by atoms with Crippen molar-refractivity contribution in [3.63, 3.8) is 0 Å². The number of rotatable bonds is 6. The fourth-order valence-electron chi connectivity index (χ4n) is 2.51. The number of nitrogens with zero attached hydrogens (tertiary/aromatic N) is 1. The van der Waals surface area contributed by atoms with Crippen molar-refractivity contribution in [2.75, 3.05) is 6.61 Å². The van der Waals surface area contributed by atoms with E-state index in [1.165, 1.54) is 24.3 Å². The topological polar surface area (TPSA) is 72.7 Å². The summed E-state index contributed by atoms with van der Waals surface area (Å²) in [6.45, 7) is 0.630. The first-order valence-corrected chi connectivity index (χ1v) is 7.08. The van der Waals surface area contributed by atoms with Crippen LogP contribution in [0.2, 0.25) is 0 Å². The van der Waals surface area contributed by atoms with Gasteiger partial charge in [-0.15, -0.1) is 0 Å². The zero-order valence-electron chi connectivity index (χ0n) is 11.9.